The molecule has 3 N–H and O–H groups in total. The minimum Gasteiger partial charge on any atom is -0.335 e. The van der Waals surface area contributed by atoms with Crippen LogP contribution in [0.15, 0.2) is 0 Å². The highest BCUT2D eigenvalue weighted by Gasteiger charge is 2.25. The van der Waals surface area contributed by atoms with Crippen LogP contribution >= 0.6 is 0 Å². The standard InChI is InChI=1S/C15H28N4O2/c1-11(2)19(9-13-5-3-4-8-16-13)10-14(20)18-15(21)17-12-6-7-12/h11-13,16H,3-10H2,1-2H3,(H2,17,18,20,21). The lowest BCUT2D eigenvalue weighted by molar-refractivity contribution is -0.121. The van der Waals surface area contributed by atoms with E-state index in [2.05, 4.69) is 34.7 Å². The zero-order valence-electron chi connectivity index (χ0n) is 13.2. The van der Waals surface area contributed by atoms with Gasteiger partial charge in [0.15, 0.2) is 0 Å². The van der Waals surface area contributed by atoms with Gasteiger partial charge in [-0.3, -0.25) is 15.0 Å². The summed E-state index contributed by atoms with van der Waals surface area (Å²) in [5.41, 5.74) is 0. The molecule has 2 fully saturated rings. The van der Waals surface area contributed by atoms with Crippen LogP contribution in [-0.2, 0) is 4.79 Å². The van der Waals surface area contributed by atoms with Crippen molar-refractivity contribution in [1.29, 1.82) is 0 Å². The van der Waals surface area contributed by atoms with Crippen molar-refractivity contribution in [3.8, 4) is 0 Å². The van der Waals surface area contributed by atoms with Crippen LogP contribution in [0.5, 0.6) is 0 Å². The van der Waals surface area contributed by atoms with Crippen molar-refractivity contribution in [1.82, 2.24) is 20.9 Å². The molecule has 0 aromatic heterocycles. The first kappa shape index (κ1) is 16.2. The third kappa shape index (κ3) is 6.01. The molecule has 21 heavy (non-hydrogen) atoms. The highest BCUT2D eigenvalue weighted by molar-refractivity contribution is 5.95. The second kappa shape index (κ2) is 7.75. The zero-order valence-corrected chi connectivity index (χ0v) is 13.2. The molecule has 0 radical (unpaired) electrons. The highest BCUT2D eigenvalue weighted by Crippen LogP contribution is 2.18. The van der Waals surface area contributed by atoms with Gasteiger partial charge >= 0.3 is 6.03 Å². The van der Waals surface area contributed by atoms with Crippen molar-refractivity contribution >= 4 is 11.9 Å². The van der Waals surface area contributed by atoms with Crippen molar-refractivity contribution in [2.45, 2.75) is 64.1 Å². The molecule has 1 aliphatic carbocycles. The SMILES string of the molecule is CC(C)N(CC(=O)NC(=O)NC1CC1)CC1CCCCN1. The number of imide groups is 1. The van der Waals surface area contributed by atoms with Crippen molar-refractivity contribution < 1.29 is 9.59 Å². The summed E-state index contributed by atoms with van der Waals surface area (Å²) in [7, 11) is 0. The van der Waals surface area contributed by atoms with Crippen molar-refractivity contribution in [3.05, 3.63) is 0 Å². The Morgan fingerprint density at radius 3 is 2.57 bits per heavy atom. The molecule has 1 saturated heterocycles. The number of rotatable bonds is 6. The second-order valence-corrected chi connectivity index (χ2v) is 6.47. The number of carbonyl (C=O) groups excluding carboxylic acids is 2. The molecular weight excluding hydrogens is 268 g/mol. The molecule has 1 aliphatic heterocycles. The fourth-order valence-corrected chi connectivity index (χ4v) is 2.62. The minimum atomic E-state index is -0.359. The number of piperidine rings is 1. The maximum atomic E-state index is 12.0. The van der Waals surface area contributed by atoms with E-state index in [1.54, 1.807) is 0 Å². The van der Waals surface area contributed by atoms with E-state index in [9.17, 15) is 9.59 Å². The average molecular weight is 296 g/mol. The molecule has 2 aliphatic rings. The summed E-state index contributed by atoms with van der Waals surface area (Å²) >= 11 is 0. The molecule has 2 rings (SSSR count). The Hall–Kier alpha value is -1.14. The van der Waals surface area contributed by atoms with Crippen LogP contribution < -0.4 is 16.0 Å². The number of hydrogen-bond donors (Lipinski definition) is 3. The van der Waals surface area contributed by atoms with E-state index in [4.69, 9.17) is 0 Å². The van der Waals surface area contributed by atoms with Gasteiger partial charge in [-0.25, -0.2) is 4.79 Å². The monoisotopic (exact) mass is 296 g/mol. The van der Waals surface area contributed by atoms with Gasteiger partial charge in [-0.1, -0.05) is 6.42 Å². The lowest BCUT2D eigenvalue weighted by atomic mass is 10.0. The molecule has 1 saturated carbocycles. The summed E-state index contributed by atoms with van der Waals surface area (Å²) in [5.74, 6) is -0.224. The highest BCUT2D eigenvalue weighted by atomic mass is 16.2. The normalized spacial score (nSPS) is 22.4. The first-order valence-corrected chi connectivity index (χ1v) is 8.12. The number of carbonyl (C=O) groups is 2. The Morgan fingerprint density at radius 2 is 2.00 bits per heavy atom. The van der Waals surface area contributed by atoms with Crippen molar-refractivity contribution in [3.63, 3.8) is 0 Å². The van der Waals surface area contributed by atoms with Gasteiger partial charge in [-0.2, -0.15) is 0 Å². The summed E-state index contributed by atoms with van der Waals surface area (Å²) in [4.78, 5) is 25.7. The number of nitrogens with zero attached hydrogens (tertiary/aromatic N) is 1. The van der Waals surface area contributed by atoms with Crippen LogP contribution in [0.25, 0.3) is 0 Å². The van der Waals surface area contributed by atoms with E-state index in [0.29, 0.717) is 6.04 Å². The first-order chi connectivity index (χ1) is 10.0. The van der Waals surface area contributed by atoms with E-state index in [1.807, 2.05) is 0 Å². The van der Waals surface area contributed by atoms with Crippen LogP contribution in [0.1, 0.15) is 46.0 Å². The summed E-state index contributed by atoms with van der Waals surface area (Å²) in [6, 6.07) is 0.646. The van der Waals surface area contributed by atoms with Gasteiger partial charge in [-0.05, 0) is 46.1 Å². The quantitative estimate of drug-likeness (QED) is 0.679. The number of amides is 3. The van der Waals surface area contributed by atoms with Crippen molar-refractivity contribution in [2.24, 2.45) is 0 Å². The topological polar surface area (TPSA) is 73.5 Å². The molecule has 1 unspecified atom stereocenters. The lowest BCUT2D eigenvalue weighted by Crippen LogP contribution is -2.50. The smallest absolute Gasteiger partial charge is 0.321 e. The summed E-state index contributed by atoms with van der Waals surface area (Å²) in [6.07, 6.45) is 5.69. The van der Waals surface area contributed by atoms with E-state index >= 15 is 0 Å². The molecule has 0 spiro atoms. The second-order valence-electron chi connectivity index (χ2n) is 6.47. The Bertz CT molecular complexity index is 363. The lowest BCUT2D eigenvalue weighted by Gasteiger charge is -2.32. The molecule has 1 atom stereocenters. The van der Waals surface area contributed by atoms with Crippen molar-refractivity contribution in [2.75, 3.05) is 19.6 Å². The van der Waals surface area contributed by atoms with Gasteiger partial charge in [0, 0.05) is 24.7 Å². The first-order valence-electron chi connectivity index (χ1n) is 8.12. The van der Waals surface area contributed by atoms with E-state index < -0.39 is 0 Å². The van der Waals surface area contributed by atoms with Gasteiger partial charge in [-0.15, -0.1) is 0 Å². The molecule has 0 bridgehead atoms. The minimum absolute atomic E-state index is 0.224. The third-order valence-corrected chi connectivity index (χ3v) is 4.11. The summed E-state index contributed by atoms with van der Waals surface area (Å²) < 4.78 is 0. The zero-order chi connectivity index (χ0) is 15.2. The fourth-order valence-electron chi connectivity index (χ4n) is 2.62. The van der Waals surface area contributed by atoms with Crippen LogP contribution in [-0.4, -0.2) is 54.6 Å². The van der Waals surface area contributed by atoms with Crippen LogP contribution in [0.2, 0.25) is 0 Å². The molecule has 0 aromatic rings. The molecule has 3 amide bonds. The number of hydrogen-bond acceptors (Lipinski definition) is 4. The summed E-state index contributed by atoms with van der Waals surface area (Å²) in [6.45, 7) is 6.36. The molecule has 120 valence electrons. The van der Waals surface area contributed by atoms with Gasteiger partial charge in [0.1, 0.15) is 0 Å². The predicted octanol–water partition coefficient (Wildman–Crippen LogP) is 0.827. The van der Waals surface area contributed by atoms with Crippen LogP contribution in [0.4, 0.5) is 4.79 Å². The van der Waals surface area contributed by atoms with E-state index in [-0.39, 0.29) is 30.6 Å². The Labute approximate surface area is 127 Å². The van der Waals surface area contributed by atoms with Gasteiger partial charge in [0.05, 0.1) is 6.54 Å². The summed E-state index contributed by atoms with van der Waals surface area (Å²) in [5, 5.41) is 8.69. The molecular formula is C15H28N4O2. The third-order valence-electron chi connectivity index (χ3n) is 4.11. The Kier molecular flexibility index (Phi) is 5.99. The fraction of sp³-hybridized carbons (Fsp3) is 0.867. The Balaban J connectivity index is 1.74. The maximum absolute atomic E-state index is 12.0. The van der Waals surface area contributed by atoms with Crippen LogP contribution in [0, 0.1) is 0 Å². The Morgan fingerprint density at radius 1 is 1.24 bits per heavy atom. The number of nitrogens with one attached hydrogen (secondary N) is 3. The van der Waals surface area contributed by atoms with Crippen LogP contribution in [0.3, 0.4) is 0 Å². The molecule has 0 aromatic carbocycles. The van der Waals surface area contributed by atoms with Gasteiger partial charge in [0.25, 0.3) is 0 Å². The number of urea groups is 1. The van der Waals surface area contributed by atoms with Gasteiger partial charge < -0.3 is 10.6 Å². The molecule has 6 nitrogen and oxygen atoms in total. The van der Waals surface area contributed by atoms with E-state index in [0.717, 1.165) is 32.4 Å². The molecule has 1 heterocycles. The molecule has 6 heteroatoms. The predicted molar refractivity (Wildman–Crippen MR) is 82.0 cm³/mol. The largest absolute Gasteiger partial charge is 0.335 e. The van der Waals surface area contributed by atoms with E-state index in [1.165, 1.54) is 12.8 Å². The maximum Gasteiger partial charge on any atom is 0.321 e. The van der Waals surface area contributed by atoms with Gasteiger partial charge in [0.2, 0.25) is 5.91 Å². The average Bonchev–Trinajstić information content (AvgIpc) is 3.22.